The van der Waals surface area contributed by atoms with Crippen molar-refractivity contribution in [1.82, 2.24) is 20.2 Å². The lowest BCUT2D eigenvalue weighted by molar-refractivity contribution is -0.145. The molecule has 3 amide bonds. The van der Waals surface area contributed by atoms with Crippen LogP contribution < -0.4 is 16.0 Å². The first-order valence-electron chi connectivity index (χ1n) is 14.7. The zero-order chi connectivity index (χ0) is 33.2. The molecule has 242 valence electrons. The molecule has 3 rings (SSSR count). The van der Waals surface area contributed by atoms with Gasteiger partial charge in [-0.05, 0) is 59.6 Å². The van der Waals surface area contributed by atoms with Crippen molar-refractivity contribution >= 4 is 29.7 Å². The highest BCUT2D eigenvalue weighted by molar-refractivity contribution is 5.99. The molecular formula is C33H43N5O7. The largest absolute Gasteiger partial charge is 0.464 e. The monoisotopic (exact) mass is 621 g/mol. The van der Waals surface area contributed by atoms with Crippen LogP contribution in [0.1, 0.15) is 64.4 Å². The molecule has 0 radical (unpaired) electrons. The molecule has 1 heterocycles. The zero-order valence-electron chi connectivity index (χ0n) is 26.9. The van der Waals surface area contributed by atoms with Crippen LogP contribution in [0.15, 0.2) is 67.0 Å². The number of carbonyl (C=O) groups excluding carboxylic acids is 4. The lowest BCUT2D eigenvalue weighted by atomic mass is 10.0. The number of imidazole rings is 1. The number of esters is 1. The van der Waals surface area contributed by atoms with E-state index in [4.69, 9.17) is 14.2 Å². The Morgan fingerprint density at radius 1 is 0.933 bits per heavy atom. The lowest BCUT2D eigenvalue weighted by Crippen LogP contribution is -2.59. The summed E-state index contributed by atoms with van der Waals surface area (Å²) in [6.07, 6.45) is 0.673. The number of benzene rings is 2. The molecule has 2 aromatic carbocycles. The Kier molecular flexibility index (Phi) is 11.9. The summed E-state index contributed by atoms with van der Waals surface area (Å²) in [5.74, 6) is -1.52. The van der Waals surface area contributed by atoms with Gasteiger partial charge in [-0.3, -0.25) is 9.59 Å². The van der Waals surface area contributed by atoms with E-state index in [1.807, 2.05) is 60.7 Å². The average molecular weight is 622 g/mol. The predicted molar refractivity (Wildman–Crippen MR) is 168 cm³/mol. The smallest absolute Gasteiger partial charge is 0.408 e. The Morgan fingerprint density at radius 3 is 2.16 bits per heavy atom. The lowest BCUT2D eigenvalue weighted by Gasteiger charge is -2.29. The topological polar surface area (TPSA) is 150 Å². The highest BCUT2D eigenvalue weighted by atomic mass is 16.6. The van der Waals surface area contributed by atoms with Gasteiger partial charge < -0.3 is 34.7 Å². The maximum atomic E-state index is 13.6. The second-order valence-electron chi connectivity index (χ2n) is 11.9. The molecule has 0 aliphatic carbocycles. The van der Waals surface area contributed by atoms with Crippen LogP contribution in [0.4, 0.5) is 10.6 Å². The molecule has 3 aromatic rings. The summed E-state index contributed by atoms with van der Waals surface area (Å²) in [5.41, 5.74) is -0.130. The Morgan fingerprint density at radius 2 is 1.56 bits per heavy atom. The SMILES string of the molecule is CCOC(=O)C(c1ccccc1)n1cnc(NC(=O)C(COCc2ccccc2)NC(=O)C(C)(C)NC(=O)OC(C)(C)C)c1C. The van der Waals surface area contributed by atoms with Crippen molar-refractivity contribution in [2.75, 3.05) is 18.5 Å². The standard InChI is InChI=1S/C33H43N5O7/c1-8-44-29(40)26(24-17-13-10-14-18-24)38-21-34-27(22(38)2)36-28(39)25(20-43-19-23-15-11-9-12-16-23)35-30(41)33(6,7)37-31(42)45-32(3,4)5/h9-18,21,25-26H,8,19-20H2,1-7H3,(H,35,41)(H,36,39)(H,37,42). The number of carbonyl (C=O) groups is 4. The maximum absolute atomic E-state index is 13.6. The van der Waals surface area contributed by atoms with Crippen LogP contribution in [0.5, 0.6) is 0 Å². The average Bonchev–Trinajstić information content (AvgIpc) is 3.31. The van der Waals surface area contributed by atoms with E-state index < -0.39 is 47.1 Å². The zero-order valence-corrected chi connectivity index (χ0v) is 26.9. The number of alkyl carbamates (subject to hydrolysis) is 1. The van der Waals surface area contributed by atoms with Crippen molar-refractivity contribution in [3.63, 3.8) is 0 Å². The summed E-state index contributed by atoms with van der Waals surface area (Å²) in [6, 6.07) is 16.5. The number of aromatic nitrogens is 2. The Bertz CT molecular complexity index is 1450. The van der Waals surface area contributed by atoms with Gasteiger partial charge in [-0.25, -0.2) is 14.6 Å². The summed E-state index contributed by atoms with van der Waals surface area (Å²) in [7, 11) is 0. The van der Waals surface area contributed by atoms with E-state index in [1.54, 1.807) is 39.2 Å². The second-order valence-corrected chi connectivity index (χ2v) is 11.9. The van der Waals surface area contributed by atoms with Crippen molar-refractivity contribution < 1.29 is 33.4 Å². The van der Waals surface area contributed by atoms with Gasteiger partial charge in [0.1, 0.15) is 17.2 Å². The van der Waals surface area contributed by atoms with Crippen molar-refractivity contribution in [2.45, 2.75) is 78.3 Å². The van der Waals surface area contributed by atoms with Crippen LogP contribution in [0.2, 0.25) is 0 Å². The molecule has 12 nitrogen and oxygen atoms in total. The minimum Gasteiger partial charge on any atom is -0.464 e. The number of nitrogens with one attached hydrogen (secondary N) is 3. The van der Waals surface area contributed by atoms with E-state index in [0.29, 0.717) is 11.3 Å². The first kappa shape index (κ1) is 34.8. The summed E-state index contributed by atoms with van der Waals surface area (Å²) in [4.78, 5) is 56.7. The van der Waals surface area contributed by atoms with Crippen LogP contribution in [0, 0.1) is 6.92 Å². The molecule has 0 fully saturated rings. The van der Waals surface area contributed by atoms with Crippen molar-refractivity contribution in [3.05, 3.63) is 83.8 Å². The normalized spacial score (nSPS) is 12.9. The third kappa shape index (κ3) is 10.2. The fourth-order valence-electron chi connectivity index (χ4n) is 4.28. The number of anilines is 1. The molecule has 0 aliphatic rings. The van der Waals surface area contributed by atoms with Crippen LogP contribution in [0.25, 0.3) is 0 Å². The molecule has 0 saturated carbocycles. The van der Waals surface area contributed by atoms with Crippen molar-refractivity contribution in [2.24, 2.45) is 0 Å². The molecule has 0 bridgehead atoms. The second kappa shape index (κ2) is 15.3. The third-order valence-corrected chi connectivity index (χ3v) is 6.59. The van der Waals surface area contributed by atoms with E-state index in [2.05, 4.69) is 20.9 Å². The van der Waals surface area contributed by atoms with Crippen molar-refractivity contribution in [1.29, 1.82) is 0 Å². The van der Waals surface area contributed by atoms with Gasteiger partial charge in [0.05, 0.1) is 31.8 Å². The summed E-state index contributed by atoms with van der Waals surface area (Å²) in [6.45, 7) is 11.8. The van der Waals surface area contributed by atoms with E-state index in [9.17, 15) is 19.2 Å². The molecule has 3 N–H and O–H groups in total. The number of hydrogen-bond acceptors (Lipinski definition) is 8. The summed E-state index contributed by atoms with van der Waals surface area (Å²) >= 11 is 0. The highest BCUT2D eigenvalue weighted by Gasteiger charge is 2.35. The molecule has 45 heavy (non-hydrogen) atoms. The fourth-order valence-corrected chi connectivity index (χ4v) is 4.28. The molecule has 0 spiro atoms. The number of nitrogens with zero attached hydrogens (tertiary/aromatic N) is 2. The van der Waals surface area contributed by atoms with Gasteiger partial charge in [-0.2, -0.15) is 0 Å². The van der Waals surface area contributed by atoms with Crippen LogP contribution in [0.3, 0.4) is 0 Å². The van der Waals surface area contributed by atoms with Crippen molar-refractivity contribution in [3.8, 4) is 0 Å². The maximum Gasteiger partial charge on any atom is 0.408 e. The summed E-state index contributed by atoms with van der Waals surface area (Å²) < 4.78 is 18.1. The van der Waals surface area contributed by atoms with E-state index in [-0.39, 0.29) is 25.6 Å². The Labute approximate surface area is 263 Å². The Balaban J connectivity index is 1.82. The molecule has 12 heteroatoms. The van der Waals surface area contributed by atoms with Crippen LogP contribution >= 0.6 is 0 Å². The van der Waals surface area contributed by atoms with Gasteiger partial charge in [0, 0.05) is 0 Å². The Hall–Kier alpha value is -4.71. The minimum absolute atomic E-state index is 0.176. The van der Waals surface area contributed by atoms with Gasteiger partial charge in [0.25, 0.3) is 5.91 Å². The van der Waals surface area contributed by atoms with Gasteiger partial charge in [0.2, 0.25) is 5.91 Å². The molecule has 0 saturated heterocycles. The fraction of sp³-hybridized carbons (Fsp3) is 0.424. The van der Waals surface area contributed by atoms with Gasteiger partial charge in [-0.1, -0.05) is 60.7 Å². The van der Waals surface area contributed by atoms with E-state index >= 15 is 0 Å². The number of ether oxygens (including phenoxy) is 3. The molecule has 1 aromatic heterocycles. The first-order valence-corrected chi connectivity index (χ1v) is 14.7. The number of hydrogen-bond donors (Lipinski definition) is 3. The molecule has 2 unspecified atom stereocenters. The molecule has 0 aliphatic heterocycles. The van der Waals surface area contributed by atoms with Crippen LogP contribution in [-0.2, 0) is 35.2 Å². The number of amides is 3. The van der Waals surface area contributed by atoms with E-state index in [1.165, 1.54) is 20.2 Å². The quantitative estimate of drug-likeness (QED) is 0.239. The third-order valence-electron chi connectivity index (χ3n) is 6.59. The van der Waals surface area contributed by atoms with Gasteiger partial charge in [-0.15, -0.1) is 0 Å². The van der Waals surface area contributed by atoms with E-state index in [0.717, 1.165) is 5.56 Å². The highest BCUT2D eigenvalue weighted by Crippen LogP contribution is 2.25. The first-order chi connectivity index (χ1) is 21.2. The molecule has 2 atom stereocenters. The van der Waals surface area contributed by atoms with Crippen LogP contribution in [-0.4, -0.2) is 63.8 Å². The number of rotatable bonds is 13. The van der Waals surface area contributed by atoms with Gasteiger partial charge in [0.15, 0.2) is 11.9 Å². The molecular weight excluding hydrogens is 578 g/mol. The summed E-state index contributed by atoms with van der Waals surface area (Å²) in [5, 5.41) is 7.99. The predicted octanol–water partition coefficient (Wildman–Crippen LogP) is 4.29. The van der Waals surface area contributed by atoms with Gasteiger partial charge >= 0.3 is 12.1 Å². The minimum atomic E-state index is -1.43.